The number of hydrogen-bond acceptors (Lipinski definition) is 5. The van der Waals surface area contributed by atoms with Crippen molar-refractivity contribution in [1.29, 1.82) is 0 Å². The van der Waals surface area contributed by atoms with E-state index in [0.717, 1.165) is 71.9 Å². The zero-order valence-electron chi connectivity index (χ0n) is 32.1. The van der Waals surface area contributed by atoms with Gasteiger partial charge in [-0.15, -0.1) is 0 Å². The number of allylic oxidation sites excluding steroid dienone is 3. The lowest BCUT2D eigenvalue weighted by atomic mass is 9.80. The predicted octanol–water partition coefficient (Wildman–Crippen LogP) is 10.9. The number of anilines is 1. The Labute approximate surface area is 302 Å². The first-order valence-corrected chi connectivity index (χ1v) is 19.3. The molecule has 0 spiro atoms. The minimum absolute atomic E-state index is 0.183. The lowest BCUT2D eigenvalue weighted by Crippen LogP contribution is -2.20. The van der Waals surface area contributed by atoms with Crippen LogP contribution in [0.15, 0.2) is 70.4 Å². The van der Waals surface area contributed by atoms with Gasteiger partial charge in [-0.05, 0) is 145 Å². The predicted molar refractivity (Wildman–Crippen MR) is 210 cm³/mol. The minimum Gasteiger partial charge on any atom is -0.495 e. The lowest BCUT2D eigenvalue weighted by Gasteiger charge is -2.26. The van der Waals surface area contributed by atoms with Crippen LogP contribution in [-0.2, 0) is 6.42 Å². The highest BCUT2D eigenvalue weighted by molar-refractivity contribution is 6.00. The number of carbonyl (C=O) groups excluding carboxylic acids is 2. The molecule has 0 amide bonds. The average molecular weight is 682 g/mol. The molecule has 1 N–H and O–H groups in total. The highest BCUT2D eigenvalue weighted by Crippen LogP contribution is 2.34. The summed E-state index contributed by atoms with van der Waals surface area (Å²) in [5.74, 6) is 3.49. The van der Waals surface area contributed by atoms with Gasteiger partial charge in [-0.2, -0.15) is 0 Å². The van der Waals surface area contributed by atoms with Gasteiger partial charge in [0.1, 0.15) is 11.6 Å². The molecule has 1 aliphatic carbocycles. The highest BCUT2D eigenvalue weighted by atomic mass is 16.5. The van der Waals surface area contributed by atoms with Crippen LogP contribution in [0.5, 0.6) is 5.75 Å². The van der Waals surface area contributed by atoms with Crippen molar-refractivity contribution in [2.75, 3.05) is 32.6 Å². The minimum atomic E-state index is 0.183. The van der Waals surface area contributed by atoms with Gasteiger partial charge in [0.25, 0.3) is 0 Å². The Morgan fingerprint density at radius 1 is 1.08 bits per heavy atom. The van der Waals surface area contributed by atoms with E-state index in [9.17, 15) is 9.59 Å². The number of nitrogens with zero attached hydrogens (tertiary/aromatic N) is 2. The lowest BCUT2D eigenvalue weighted by molar-refractivity contribution is 0.0959. The summed E-state index contributed by atoms with van der Waals surface area (Å²) < 4.78 is 5.72. The Morgan fingerprint density at radius 3 is 2.62 bits per heavy atom. The second-order valence-corrected chi connectivity index (χ2v) is 15.0. The molecule has 0 aromatic heterocycles. The van der Waals surface area contributed by atoms with E-state index in [4.69, 9.17) is 9.73 Å². The van der Waals surface area contributed by atoms with Crippen molar-refractivity contribution in [1.82, 2.24) is 4.90 Å². The molecule has 272 valence electrons. The van der Waals surface area contributed by atoms with Gasteiger partial charge < -0.3 is 15.0 Å². The summed E-state index contributed by atoms with van der Waals surface area (Å²) >= 11 is 0. The van der Waals surface area contributed by atoms with Crippen LogP contribution in [0.1, 0.15) is 138 Å². The maximum absolute atomic E-state index is 13.6. The normalized spacial score (nSPS) is 22.7. The molecule has 3 atom stereocenters. The molecule has 2 aromatic carbocycles. The molecule has 0 radical (unpaired) electrons. The fraction of sp³-hybridized carbons (Fsp3) is 0.568. The van der Waals surface area contributed by atoms with E-state index in [1.807, 2.05) is 43.3 Å². The summed E-state index contributed by atoms with van der Waals surface area (Å²) in [5, 5.41) is 3.48. The molecule has 1 fully saturated rings. The van der Waals surface area contributed by atoms with Crippen LogP contribution in [0.25, 0.3) is 0 Å². The second kappa shape index (κ2) is 19.8. The zero-order valence-corrected chi connectivity index (χ0v) is 32.1. The molecule has 50 heavy (non-hydrogen) atoms. The number of rotatable bonds is 12. The van der Waals surface area contributed by atoms with Crippen molar-refractivity contribution in [3.05, 3.63) is 82.1 Å². The Morgan fingerprint density at radius 2 is 1.86 bits per heavy atom. The van der Waals surface area contributed by atoms with Gasteiger partial charge in [0, 0.05) is 24.0 Å². The molecule has 0 saturated carbocycles. The maximum Gasteiger partial charge on any atom is 0.163 e. The van der Waals surface area contributed by atoms with Gasteiger partial charge in [-0.1, -0.05) is 63.5 Å². The van der Waals surface area contributed by atoms with Crippen LogP contribution in [0.2, 0.25) is 0 Å². The van der Waals surface area contributed by atoms with E-state index in [0.29, 0.717) is 30.1 Å². The second-order valence-electron chi connectivity index (χ2n) is 15.0. The summed E-state index contributed by atoms with van der Waals surface area (Å²) in [6.07, 6.45) is 15.3. The number of amidine groups is 1. The van der Waals surface area contributed by atoms with Crippen molar-refractivity contribution >= 4 is 23.1 Å². The smallest absolute Gasteiger partial charge is 0.163 e. The fourth-order valence-electron chi connectivity index (χ4n) is 7.98. The Hall–Kier alpha value is -3.51. The van der Waals surface area contributed by atoms with Crippen LogP contribution >= 0.6 is 0 Å². The summed E-state index contributed by atoms with van der Waals surface area (Å²) in [6, 6.07) is 13.7. The number of aliphatic imine (C=N–C) groups is 1. The van der Waals surface area contributed by atoms with Gasteiger partial charge in [0.2, 0.25) is 0 Å². The quantitative estimate of drug-likeness (QED) is 0.137. The summed E-state index contributed by atoms with van der Waals surface area (Å²) in [5.41, 5.74) is 6.72. The molecular formula is C44H63N3O3. The first-order valence-electron chi connectivity index (χ1n) is 19.3. The van der Waals surface area contributed by atoms with E-state index in [-0.39, 0.29) is 17.5 Å². The summed E-state index contributed by atoms with van der Waals surface area (Å²) in [4.78, 5) is 34.4. The molecule has 3 unspecified atom stereocenters. The van der Waals surface area contributed by atoms with Crippen LogP contribution in [0.4, 0.5) is 5.69 Å². The number of benzene rings is 2. The number of carbonyl (C=O) groups is 2. The van der Waals surface area contributed by atoms with Crippen molar-refractivity contribution < 1.29 is 14.3 Å². The molecule has 1 heterocycles. The monoisotopic (exact) mass is 681 g/mol. The van der Waals surface area contributed by atoms with Crippen LogP contribution in [0.3, 0.4) is 0 Å². The number of Topliss-reactive ketones (excluding diaryl/α,β-unsaturated/α-hetero) is 2. The molecule has 6 nitrogen and oxygen atoms in total. The summed E-state index contributed by atoms with van der Waals surface area (Å²) in [7, 11) is 3.90. The first kappa shape index (κ1) is 39.3. The Kier molecular flexibility index (Phi) is 15.5. The number of fused-ring (bicyclic) bond motifs is 1. The largest absolute Gasteiger partial charge is 0.495 e. The Bertz CT molecular complexity index is 1540. The van der Waals surface area contributed by atoms with Gasteiger partial charge >= 0.3 is 0 Å². The molecule has 2 aliphatic rings. The van der Waals surface area contributed by atoms with Crippen LogP contribution in [0, 0.1) is 17.8 Å². The topological polar surface area (TPSA) is 71.0 Å². The van der Waals surface area contributed by atoms with Gasteiger partial charge in [0.05, 0.1) is 18.5 Å². The van der Waals surface area contributed by atoms with E-state index < -0.39 is 0 Å². The third kappa shape index (κ3) is 11.2. The average Bonchev–Trinajstić information content (AvgIpc) is 3.34. The third-order valence-corrected chi connectivity index (χ3v) is 10.9. The van der Waals surface area contributed by atoms with Crippen molar-refractivity contribution in [3.63, 3.8) is 0 Å². The van der Waals surface area contributed by atoms with Gasteiger partial charge in [0.15, 0.2) is 11.6 Å². The highest BCUT2D eigenvalue weighted by Gasteiger charge is 2.24. The fourth-order valence-corrected chi connectivity index (χ4v) is 7.98. The van der Waals surface area contributed by atoms with Crippen molar-refractivity contribution in [3.8, 4) is 5.75 Å². The number of methoxy groups -OCH3 is 1. The molecule has 6 heteroatoms. The number of likely N-dealkylation sites (tertiary alicyclic amines) is 1. The number of ether oxygens (including phenoxy) is 1. The molecule has 1 saturated heterocycles. The molecule has 1 aliphatic heterocycles. The molecule has 4 rings (SSSR count). The number of ketones is 2. The van der Waals surface area contributed by atoms with Crippen LogP contribution < -0.4 is 10.1 Å². The number of aryl methyl sites for hydroxylation is 1. The standard InChI is InChI=1S/C44H63N3O3/c1-8-10-15-35(36-18-14-26-47(6)27-25-36)17-13-20-41(48)38-23-24-43(50-7)40(30-38)45-33(5)46-44-32(4)21-22-37-16-11-12-19-39(37)42(49)29-31(3)28-34(44)9-2/h9,11-12,16,19,23-24,30-31,35-36H,8,10,13-15,17-18,20-22,25-29H2,1-7H3,(H,45,46)/b34-9-,44-32+. The summed E-state index contributed by atoms with van der Waals surface area (Å²) in [6.45, 7) is 13.0. The van der Waals surface area contributed by atoms with E-state index in [1.165, 1.54) is 57.2 Å². The van der Waals surface area contributed by atoms with Crippen molar-refractivity contribution in [2.24, 2.45) is 22.7 Å². The Balaban J connectivity index is 1.49. The maximum atomic E-state index is 13.6. The number of nitrogens with one attached hydrogen (secondary N) is 1. The van der Waals surface area contributed by atoms with E-state index in [2.05, 4.69) is 57.1 Å². The number of hydrogen-bond donors (Lipinski definition) is 1. The molecule has 2 aromatic rings. The van der Waals surface area contributed by atoms with Crippen LogP contribution in [-0.4, -0.2) is 49.5 Å². The molecular weight excluding hydrogens is 619 g/mol. The zero-order chi connectivity index (χ0) is 36.0. The first-order chi connectivity index (χ1) is 24.1. The van der Waals surface area contributed by atoms with Gasteiger partial charge in [-0.3, -0.25) is 9.59 Å². The van der Waals surface area contributed by atoms with Gasteiger partial charge in [-0.25, -0.2) is 4.99 Å². The molecule has 0 bridgehead atoms. The van der Waals surface area contributed by atoms with E-state index in [1.54, 1.807) is 7.11 Å². The SMILES string of the molecule is C/C=C1CC(C)CC(=O)c2ccccc2CC\C(C)=C/1N=C(C)Nc1cc(C(=O)CCCC(CCCC)C2CCCN(C)CC2)ccc1OC. The number of unbranched alkanes of at least 4 members (excludes halogenated alkanes) is 1. The third-order valence-electron chi connectivity index (χ3n) is 10.9. The van der Waals surface area contributed by atoms with E-state index >= 15 is 0 Å². The van der Waals surface area contributed by atoms with Crippen molar-refractivity contribution in [2.45, 2.75) is 118 Å².